The smallest absolute Gasteiger partial charge is 0.220 e. The Morgan fingerprint density at radius 2 is 1.63 bits per heavy atom. The van der Waals surface area contributed by atoms with E-state index in [1.165, 1.54) is 32.1 Å². The first-order valence-corrected chi connectivity index (χ1v) is 7.99. The van der Waals surface area contributed by atoms with Crippen LogP contribution in [0.5, 0.6) is 0 Å². The number of nitrogens with one attached hydrogen (secondary N) is 1. The number of amides is 1. The molecule has 0 spiro atoms. The van der Waals surface area contributed by atoms with E-state index < -0.39 is 0 Å². The van der Waals surface area contributed by atoms with E-state index in [0.29, 0.717) is 6.42 Å². The zero-order chi connectivity index (χ0) is 14.5. The van der Waals surface area contributed by atoms with E-state index in [2.05, 4.69) is 39.9 Å². The Labute approximate surface area is 119 Å². The summed E-state index contributed by atoms with van der Waals surface area (Å²) in [5, 5.41) is 3.21. The number of hydrogen-bond acceptors (Lipinski definition) is 1. The SMILES string of the molecule is CC(C)(C)CC(C)(C)NC(=O)CCC1CCCCC1. The molecule has 0 heterocycles. The zero-order valence-electron chi connectivity index (χ0n) is 13.6. The van der Waals surface area contributed by atoms with Gasteiger partial charge in [-0.3, -0.25) is 4.79 Å². The van der Waals surface area contributed by atoms with Crippen molar-refractivity contribution < 1.29 is 4.79 Å². The minimum absolute atomic E-state index is 0.0953. The molecule has 0 aromatic heterocycles. The molecule has 1 fully saturated rings. The number of carbonyl (C=O) groups excluding carboxylic acids is 1. The van der Waals surface area contributed by atoms with E-state index in [4.69, 9.17) is 0 Å². The highest BCUT2D eigenvalue weighted by atomic mass is 16.1. The molecule has 0 aromatic rings. The normalized spacial score (nSPS) is 18.4. The quantitative estimate of drug-likeness (QED) is 0.770. The molecule has 2 nitrogen and oxygen atoms in total. The van der Waals surface area contributed by atoms with E-state index in [1.54, 1.807) is 0 Å². The number of hydrogen-bond donors (Lipinski definition) is 1. The van der Waals surface area contributed by atoms with Gasteiger partial charge in [-0.15, -0.1) is 0 Å². The van der Waals surface area contributed by atoms with Gasteiger partial charge in [0.1, 0.15) is 0 Å². The van der Waals surface area contributed by atoms with Crippen molar-refractivity contribution in [1.82, 2.24) is 5.32 Å². The lowest BCUT2D eigenvalue weighted by atomic mass is 9.81. The Morgan fingerprint density at radius 1 is 1.05 bits per heavy atom. The Kier molecular flexibility index (Phi) is 5.88. The second-order valence-electron chi connectivity index (χ2n) is 8.21. The molecule has 1 amide bonds. The third kappa shape index (κ3) is 7.59. The molecule has 0 aliphatic heterocycles. The highest BCUT2D eigenvalue weighted by molar-refractivity contribution is 5.76. The summed E-state index contributed by atoms with van der Waals surface area (Å²) in [6.45, 7) is 10.9. The van der Waals surface area contributed by atoms with E-state index in [-0.39, 0.29) is 16.9 Å². The summed E-state index contributed by atoms with van der Waals surface area (Å²) in [5.74, 6) is 1.03. The lowest BCUT2D eigenvalue weighted by Crippen LogP contribution is -2.45. The molecule has 1 saturated carbocycles. The third-order valence-electron chi connectivity index (χ3n) is 3.95. The van der Waals surface area contributed by atoms with Gasteiger partial charge in [-0.2, -0.15) is 0 Å². The maximum atomic E-state index is 12.1. The lowest BCUT2D eigenvalue weighted by molar-refractivity contribution is -0.123. The molecule has 1 aliphatic carbocycles. The van der Waals surface area contributed by atoms with Gasteiger partial charge in [0.15, 0.2) is 0 Å². The minimum atomic E-state index is -0.0953. The number of carbonyl (C=O) groups is 1. The van der Waals surface area contributed by atoms with Crippen LogP contribution in [0.1, 0.15) is 86.0 Å². The lowest BCUT2D eigenvalue weighted by Gasteiger charge is -2.33. The van der Waals surface area contributed by atoms with Crippen LogP contribution in [0.4, 0.5) is 0 Å². The fourth-order valence-corrected chi connectivity index (χ4v) is 3.62. The van der Waals surface area contributed by atoms with Crippen LogP contribution in [-0.2, 0) is 4.79 Å². The molecule has 1 aliphatic rings. The highest BCUT2D eigenvalue weighted by Gasteiger charge is 2.27. The van der Waals surface area contributed by atoms with E-state index >= 15 is 0 Å². The van der Waals surface area contributed by atoms with Crippen molar-refractivity contribution >= 4 is 5.91 Å². The first-order valence-electron chi connectivity index (χ1n) is 7.99. The van der Waals surface area contributed by atoms with Gasteiger partial charge in [0.2, 0.25) is 5.91 Å². The van der Waals surface area contributed by atoms with Gasteiger partial charge >= 0.3 is 0 Å². The van der Waals surface area contributed by atoms with Crippen molar-refractivity contribution in [2.45, 2.75) is 91.5 Å². The predicted octanol–water partition coefficient (Wildman–Crippen LogP) is 4.68. The van der Waals surface area contributed by atoms with Crippen LogP contribution in [0.3, 0.4) is 0 Å². The summed E-state index contributed by atoms with van der Waals surface area (Å²) < 4.78 is 0. The largest absolute Gasteiger partial charge is 0.351 e. The molecule has 0 bridgehead atoms. The van der Waals surface area contributed by atoms with Gasteiger partial charge < -0.3 is 5.32 Å². The van der Waals surface area contributed by atoms with Crippen molar-refractivity contribution in [3.05, 3.63) is 0 Å². The zero-order valence-corrected chi connectivity index (χ0v) is 13.6. The summed E-state index contributed by atoms with van der Waals surface area (Å²) in [6.07, 6.45) is 9.58. The number of rotatable bonds is 5. The molecule has 2 heteroatoms. The molecule has 0 radical (unpaired) electrons. The Bertz CT molecular complexity index is 282. The van der Waals surface area contributed by atoms with Crippen LogP contribution < -0.4 is 5.32 Å². The van der Waals surface area contributed by atoms with Crippen LogP contribution in [0.15, 0.2) is 0 Å². The first-order chi connectivity index (χ1) is 8.68. The van der Waals surface area contributed by atoms with E-state index in [1.807, 2.05) is 0 Å². The second kappa shape index (κ2) is 6.76. The van der Waals surface area contributed by atoms with Crippen LogP contribution >= 0.6 is 0 Å². The van der Waals surface area contributed by atoms with Crippen LogP contribution in [0.2, 0.25) is 0 Å². The molecule has 1 rings (SSSR count). The van der Waals surface area contributed by atoms with Gasteiger partial charge in [-0.05, 0) is 38.0 Å². The van der Waals surface area contributed by atoms with Gasteiger partial charge in [0.25, 0.3) is 0 Å². The highest BCUT2D eigenvalue weighted by Crippen LogP contribution is 2.28. The Hall–Kier alpha value is -0.530. The maximum Gasteiger partial charge on any atom is 0.220 e. The summed E-state index contributed by atoms with van der Waals surface area (Å²) in [5.41, 5.74) is 0.155. The molecule has 0 unspecified atom stereocenters. The van der Waals surface area contributed by atoms with Crippen molar-refractivity contribution in [3.8, 4) is 0 Å². The first kappa shape index (κ1) is 16.5. The van der Waals surface area contributed by atoms with Gasteiger partial charge in [-0.25, -0.2) is 0 Å². The van der Waals surface area contributed by atoms with Crippen molar-refractivity contribution in [3.63, 3.8) is 0 Å². The summed E-state index contributed by atoms with van der Waals surface area (Å²) >= 11 is 0. The summed E-state index contributed by atoms with van der Waals surface area (Å²) in [4.78, 5) is 12.1. The topological polar surface area (TPSA) is 29.1 Å². The molecule has 19 heavy (non-hydrogen) atoms. The van der Waals surface area contributed by atoms with Crippen molar-refractivity contribution in [1.29, 1.82) is 0 Å². The Balaban J connectivity index is 2.29. The maximum absolute atomic E-state index is 12.1. The van der Waals surface area contributed by atoms with Crippen LogP contribution in [0, 0.1) is 11.3 Å². The van der Waals surface area contributed by atoms with Crippen molar-refractivity contribution in [2.24, 2.45) is 11.3 Å². The van der Waals surface area contributed by atoms with E-state index in [9.17, 15) is 4.79 Å². The van der Waals surface area contributed by atoms with Gasteiger partial charge in [0.05, 0.1) is 0 Å². The van der Waals surface area contributed by atoms with E-state index in [0.717, 1.165) is 18.8 Å². The minimum Gasteiger partial charge on any atom is -0.351 e. The molecule has 0 atom stereocenters. The summed E-state index contributed by atoms with van der Waals surface area (Å²) in [7, 11) is 0. The standard InChI is InChI=1S/C17H33NO/c1-16(2,3)13-17(4,5)18-15(19)12-11-14-9-7-6-8-10-14/h14H,6-13H2,1-5H3,(H,18,19). The predicted molar refractivity (Wildman–Crippen MR) is 82.1 cm³/mol. The second-order valence-corrected chi connectivity index (χ2v) is 8.21. The van der Waals surface area contributed by atoms with Crippen LogP contribution in [-0.4, -0.2) is 11.4 Å². The fourth-order valence-electron chi connectivity index (χ4n) is 3.62. The van der Waals surface area contributed by atoms with Crippen LogP contribution in [0.25, 0.3) is 0 Å². The summed E-state index contributed by atoms with van der Waals surface area (Å²) in [6, 6.07) is 0. The van der Waals surface area contributed by atoms with Crippen molar-refractivity contribution in [2.75, 3.05) is 0 Å². The molecule has 0 saturated heterocycles. The molecular formula is C17H33NO. The molecule has 0 aromatic carbocycles. The Morgan fingerprint density at radius 3 is 2.16 bits per heavy atom. The molecule has 1 N–H and O–H groups in total. The van der Waals surface area contributed by atoms with Gasteiger partial charge in [-0.1, -0.05) is 52.9 Å². The third-order valence-corrected chi connectivity index (χ3v) is 3.95. The molecule has 112 valence electrons. The average Bonchev–Trinajstić information content (AvgIpc) is 2.23. The van der Waals surface area contributed by atoms with Gasteiger partial charge in [0, 0.05) is 12.0 Å². The molecular weight excluding hydrogens is 234 g/mol. The fraction of sp³-hybridized carbons (Fsp3) is 0.941. The average molecular weight is 267 g/mol. The monoisotopic (exact) mass is 267 g/mol.